The second-order valence-corrected chi connectivity index (χ2v) is 9.49. The zero-order chi connectivity index (χ0) is 23.2. The summed E-state index contributed by atoms with van der Waals surface area (Å²) in [7, 11) is 0.759. The predicted octanol–water partition coefficient (Wildman–Crippen LogP) is 2.80. The Morgan fingerprint density at radius 1 is 1.16 bits per heavy atom. The Hall–Kier alpha value is -2.78. The van der Waals surface area contributed by atoms with Crippen LogP contribution in [0.25, 0.3) is 10.8 Å². The molecule has 2 aromatic rings. The quantitative estimate of drug-likeness (QED) is 0.442. The molecule has 2 atom stereocenters. The Balaban J connectivity index is 1.76. The van der Waals surface area contributed by atoms with E-state index in [2.05, 4.69) is 0 Å². The molecule has 3 heterocycles. The summed E-state index contributed by atoms with van der Waals surface area (Å²) in [5.74, 6) is -0.247. The van der Waals surface area contributed by atoms with Crippen LogP contribution in [0.2, 0.25) is 0 Å². The highest BCUT2D eigenvalue weighted by molar-refractivity contribution is 6.63. The summed E-state index contributed by atoms with van der Waals surface area (Å²) in [5.41, 5.74) is -0.0602. The Kier molecular flexibility index (Phi) is 4.36. The Labute approximate surface area is 185 Å². The molecule has 5 rings (SSSR count). The number of ether oxygens (including phenoxy) is 3. The summed E-state index contributed by atoms with van der Waals surface area (Å²) in [6.07, 6.45) is -1.17. The Morgan fingerprint density at radius 3 is 2.41 bits per heavy atom. The number of Topliss-reactive ketones (excluding diaryl/α,β-unsaturated/α-hetero) is 1. The number of carbonyl (C=O) groups excluding carboxylic acids is 2. The fraction of sp³-hybridized carbons (Fsp3) is 0.478. The highest BCUT2D eigenvalue weighted by Gasteiger charge is 2.53. The van der Waals surface area contributed by atoms with Crippen molar-refractivity contribution in [2.75, 3.05) is 7.11 Å². The maximum absolute atomic E-state index is 12.6. The lowest BCUT2D eigenvalue weighted by molar-refractivity contribution is -0.141. The minimum Gasteiger partial charge on any atom is -0.506 e. The Bertz CT molecular complexity index is 1170. The van der Waals surface area contributed by atoms with Crippen molar-refractivity contribution in [3.05, 3.63) is 23.3 Å². The minimum atomic E-state index is -0.728. The van der Waals surface area contributed by atoms with Crippen LogP contribution in [0.5, 0.6) is 17.2 Å². The van der Waals surface area contributed by atoms with Crippen molar-refractivity contribution in [3.8, 4) is 17.2 Å². The number of hydrogen-bond acceptors (Lipinski definition) is 8. The third kappa shape index (κ3) is 2.70. The zero-order valence-corrected chi connectivity index (χ0v) is 18.9. The normalized spacial score (nSPS) is 24.8. The molecule has 168 valence electrons. The van der Waals surface area contributed by atoms with Crippen LogP contribution in [-0.2, 0) is 18.8 Å². The van der Waals surface area contributed by atoms with Crippen molar-refractivity contribution in [2.45, 2.75) is 64.4 Å². The SMILES string of the molecule is COc1c(B2OC(C)(C)C(C)(C)O2)ccc2c3c(c(C(C)=O)c(O)c12)[C@H]1OC(=O)C[C@H]1O3. The molecular weight excluding hydrogens is 415 g/mol. The lowest BCUT2D eigenvalue weighted by Gasteiger charge is -2.32. The van der Waals surface area contributed by atoms with E-state index in [1.807, 2.05) is 27.7 Å². The van der Waals surface area contributed by atoms with E-state index in [4.69, 9.17) is 23.5 Å². The molecule has 9 heteroatoms. The van der Waals surface area contributed by atoms with Gasteiger partial charge in [0.05, 0.1) is 41.2 Å². The summed E-state index contributed by atoms with van der Waals surface area (Å²) < 4.78 is 29.6. The summed E-state index contributed by atoms with van der Waals surface area (Å²) in [4.78, 5) is 24.4. The van der Waals surface area contributed by atoms with Gasteiger partial charge in [-0.2, -0.15) is 0 Å². The molecule has 0 unspecified atom stereocenters. The van der Waals surface area contributed by atoms with Crippen molar-refractivity contribution in [1.29, 1.82) is 0 Å². The molecule has 2 aromatic carbocycles. The highest BCUT2D eigenvalue weighted by Crippen LogP contribution is 2.54. The number of rotatable bonds is 3. The molecule has 0 bridgehead atoms. The monoisotopic (exact) mass is 440 g/mol. The first-order valence-electron chi connectivity index (χ1n) is 10.6. The van der Waals surface area contributed by atoms with Crippen molar-refractivity contribution in [3.63, 3.8) is 0 Å². The first-order valence-corrected chi connectivity index (χ1v) is 10.6. The number of fused-ring (bicyclic) bond motifs is 5. The van der Waals surface area contributed by atoms with Gasteiger partial charge in [0.1, 0.15) is 17.2 Å². The third-order valence-corrected chi connectivity index (χ3v) is 7.00. The van der Waals surface area contributed by atoms with Crippen LogP contribution in [0.15, 0.2) is 12.1 Å². The van der Waals surface area contributed by atoms with E-state index in [1.165, 1.54) is 14.0 Å². The Morgan fingerprint density at radius 2 is 1.81 bits per heavy atom. The smallest absolute Gasteiger partial charge is 0.498 e. The molecule has 0 saturated carbocycles. The fourth-order valence-corrected chi connectivity index (χ4v) is 4.70. The maximum Gasteiger partial charge on any atom is 0.498 e. The van der Waals surface area contributed by atoms with Gasteiger partial charge < -0.3 is 28.6 Å². The number of aromatic hydroxyl groups is 1. The van der Waals surface area contributed by atoms with Crippen LogP contribution >= 0.6 is 0 Å². The van der Waals surface area contributed by atoms with Gasteiger partial charge in [0.2, 0.25) is 0 Å². The van der Waals surface area contributed by atoms with Crippen LogP contribution in [0, 0.1) is 0 Å². The van der Waals surface area contributed by atoms with E-state index >= 15 is 0 Å². The van der Waals surface area contributed by atoms with E-state index in [0.717, 1.165) is 0 Å². The number of phenols is 1. The van der Waals surface area contributed by atoms with Crippen molar-refractivity contribution >= 4 is 35.1 Å². The topological polar surface area (TPSA) is 101 Å². The van der Waals surface area contributed by atoms with Crippen LogP contribution in [0.1, 0.15) is 63.1 Å². The second-order valence-electron chi connectivity index (χ2n) is 9.49. The van der Waals surface area contributed by atoms with E-state index in [0.29, 0.717) is 33.3 Å². The van der Waals surface area contributed by atoms with Crippen molar-refractivity contribution in [1.82, 2.24) is 0 Å². The molecule has 0 aliphatic carbocycles. The lowest BCUT2D eigenvalue weighted by Crippen LogP contribution is -2.41. The second kappa shape index (κ2) is 6.62. The van der Waals surface area contributed by atoms with Gasteiger partial charge in [-0.05, 0) is 34.6 Å². The van der Waals surface area contributed by atoms with Crippen molar-refractivity contribution < 1.29 is 38.2 Å². The number of benzene rings is 2. The number of methoxy groups -OCH3 is 1. The molecular formula is C23H25BO8. The molecule has 32 heavy (non-hydrogen) atoms. The van der Waals surface area contributed by atoms with Crippen LogP contribution in [0.4, 0.5) is 0 Å². The summed E-state index contributed by atoms with van der Waals surface area (Å²) in [6.45, 7) is 9.16. The maximum atomic E-state index is 12.6. The van der Waals surface area contributed by atoms with Crippen LogP contribution in [-0.4, -0.2) is 48.4 Å². The van der Waals surface area contributed by atoms with Crippen molar-refractivity contribution in [2.24, 2.45) is 0 Å². The van der Waals surface area contributed by atoms with Gasteiger partial charge >= 0.3 is 13.1 Å². The fourth-order valence-electron chi connectivity index (χ4n) is 4.70. The summed E-state index contributed by atoms with van der Waals surface area (Å²) in [6, 6.07) is 3.59. The zero-order valence-electron chi connectivity index (χ0n) is 18.9. The van der Waals surface area contributed by atoms with Gasteiger partial charge in [-0.1, -0.05) is 12.1 Å². The first-order chi connectivity index (χ1) is 15.0. The van der Waals surface area contributed by atoms with Crippen LogP contribution < -0.4 is 14.9 Å². The summed E-state index contributed by atoms with van der Waals surface area (Å²) >= 11 is 0. The molecule has 2 fully saturated rings. The number of esters is 1. The molecule has 0 radical (unpaired) electrons. The molecule has 3 aliphatic heterocycles. The van der Waals surface area contributed by atoms with E-state index in [-0.39, 0.29) is 23.5 Å². The molecule has 3 aliphatic rings. The van der Waals surface area contributed by atoms with Gasteiger partial charge in [-0.25, -0.2) is 0 Å². The van der Waals surface area contributed by atoms with Crippen LogP contribution in [0.3, 0.4) is 0 Å². The van der Waals surface area contributed by atoms with Gasteiger partial charge in [0.25, 0.3) is 0 Å². The first kappa shape index (κ1) is 21.1. The number of phenolic OH excluding ortho intramolecular Hbond substituents is 1. The van der Waals surface area contributed by atoms with E-state index < -0.39 is 36.5 Å². The molecule has 8 nitrogen and oxygen atoms in total. The average Bonchev–Trinajstić information content (AvgIpc) is 3.29. The average molecular weight is 440 g/mol. The number of hydrogen-bond donors (Lipinski definition) is 1. The van der Waals surface area contributed by atoms with E-state index in [9.17, 15) is 14.7 Å². The van der Waals surface area contributed by atoms with Gasteiger partial charge in [-0.3, -0.25) is 9.59 Å². The lowest BCUT2D eigenvalue weighted by atomic mass is 9.76. The molecule has 1 N–H and O–H groups in total. The molecule has 2 saturated heterocycles. The minimum absolute atomic E-state index is 0.0686. The number of ketones is 1. The number of carbonyl (C=O) groups is 2. The third-order valence-electron chi connectivity index (χ3n) is 7.00. The predicted molar refractivity (Wildman–Crippen MR) is 116 cm³/mol. The standard InChI is InChI=1S/C23H25BO8/c1-10(25)15-17-19(29-13-9-14(26)30-21(13)17)11-7-8-12(20(28-6)16(11)18(15)27)24-31-22(2,3)23(4,5)32-24/h7-8,13,21,27H,9H2,1-6H3/t13-,21+/m1/s1. The summed E-state index contributed by atoms with van der Waals surface area (Å²) in [5, 5.41) is 12.2. The van der Waals surface area contributed by atoms with Gasteiger partial charge in [-0.15, -0.1) is 0 Å². The molecule has 0 aromatic heterocycles. The largest absolute Gasteiger partial charge is 0.506 e. The molecule has 0 spiro atoms. The highest BCUT2D eigenvalue weighted by atomic mass is 16.7. The van der Waals surface area contributed by atoms with E-state index in [1.54, 1.807) is 12.1 Å². The van der Waals surface area contributed by atoms with Gasteiger partial charge in [0.15, 0.2) is 18.0 Å². The molecule has 0 amide bonds. The van der Waals surface area contributed by atoms with Gasteiger partial charge in [0, 0.05) is 10.8 Å².